The van der Waals surface area contributed by atoms with Crippen LogP contribution in [-0.2, 0) is 0 Å². The molecule has 0 saturated carbocycles. The maximum absolute atomic E-state index is 5.96. The second-order valence-corrected chi connectivity index (χ2v) is 5.71. The summed E-state index contributed by atoms with van der Waals surface area (Å²) in [6, 6.07) is 7.85. The van der Waals surface area contributed by atoms with Crippen molar-refractivity contribution in [1.29, 1.82) is 0 Å². The van der Waals surface area contributed by atoms with E-state index in [4.69, 9.17) is 4.74 Å². The van der Waals surface area contributed by atoms with Gasteiger partial charge in [0.25, 0.3) is 5.88 Å². The number of nitrogens with one attached hydrogen (secondary N) is 1. The number of benzene rings is 1. The summed E-state index contributed by atoms with van der Waals surface area (Å²) in [7, 11) is 0. The van der Waals surface area contributed by atoms with Crippen molar-refractivity contribution in [2.24, 2.45) is 0 Å². The second-order valence-electron chi connectivity index (χ2n) is 4.55. The zero-order valence-electron chi connectivity index (χ0n) is 11.6. The Balaban J connectivity index is 2.00. The van der Waals surface area contributed by atoms with Gasteiger partial charge in [-0.3, -0.25) is 4.40 Å². The molecule has 108 valence electrons. The van der Waals surface area contributed by atoms with Gasteiger partial charge < -0.3 is 10.1 Å². The monoisotopic (exact) mass is 394 g/mol. The molecule has 6 heteroatoms. The van der Waals surface area contributed by atoms with Crippen LogP contribution >= 0.6 is 22.6 Å². The van der Waals surface area contributed by atoms with E-state index in [1.54, 1.807) is 6.20 Å². The highest BCUT2D eigenvalue weighted by molar-refractivity contribution is 14.1. The van der Waals surface area contributed by atoms with Gasteiger partial charge in [-0.2, -0.15) is 4.98 Å². The van der Waals surface area contributed by atoms with Crippen LogP contribution in [0.4, 0.5) is 5.82 Å². The maximum Gasteiger partial charge on any atom is 0.265 e. The Labute approximate surface area is 136 Å². The van der Waals surface area contributed by atoms with Crippen LogP contribution < -0.4 is 10.1 Å². The molecule has 0 fully saturated rings. The fraction of sp³-hybridized carbons (Fsp3) is 0.200. The molecular formula is C15H15IN4O. The lowest BCUT2D eigenvalue weighted by Crippen LogP contribution is -2.05. The molecule has 5 nitrogen and oxygen atoms in total. The Morgan fingerprint density at radius 3 is 3.00 bits per heavy atom. The molecule has 0 aliphatic rings. The molecular weight excluding hydrogens is 379 g/mol. The van der Waals surface area contributed by atoms with Crippen molar-refractivity contribution in [3.63, 3.8) is 0 Å². The van der Waals surface area contributed by atoms with Crippen molar-refractivity contribution in [3.8, 4) is 11.6 Å². The van der Waals surface area contributed by atoms with Crippen molar-refractivity contribution >= 4 is 34.1 Å². The van der Waals surface area contributed by atoms with E-state index in [-0.39, 0.29) is 0 Å². The topological polar surface area (TPSA) is 51.5 Å². The van der Waals surface area contributed by atoms with Gasteiger partial charge in [0.1, 0.15) is 11.6 Å². The Bertz CT molecular complexity index is 756. The molecule has 0 aliphatic heterocycles. The van der Waals surface area contributed by atoms with Crippen molar-refractivity contribution < 1.29 is 4.74 Å². The minimum Gasteiger partial charge on any atom is -0.435 e. The lowest BCUT2D eigenvalue weighted by Gasteiger charge is -2.10. The molecule has 3 rings (SSSR count). The summed E-state index contributed by atoms with van der Waals surface area (Å²) < 4.78 is 8.91. The highest BCUT2D eigenvalue weighted by Crippen LogP contribution is 2.28. The zero-order valence-corrected chi connectivity index (χ0v) is 13.7. The van der Waals surface area contributed by atoms with E-state index in [0.29, 0.717) is 11.5 Å². The molecule has 3 aromatic rings. The number of nitrogens with zero attached hydrogens (tertiary/aromatic N) is 3. The maximum atomic E-state index is 5.96. The fourth-order valence-electron chi connectivity index (χ4n) is 1.94. The molecule has 1 aromatic carbocycles. The standard InChI is InChI=1S/C15H15IN4O/c1-2-7-17-13-10-20-9-8-18-14(20)15(19-13)21-12-6-4-3-5-11(12)16/h3-6,8-10,17H,2,7H2,1H3. The molecule has 0 aliphatic carbocycles. The lowest BCUT2D eigenvalue weighted by atomic mass is 10.3. The number of para-hydroxylation sites is 1. The van der Waals surface area contributed by atoms with Gasteiger partial charge >= 0.3 is 0 Å². The van der Waals surface area contributed by atoms with E-state index < -0.39 is 0 Å². The van der Waals surface area contributed by atoms with Crippen LogP contribution in [0.3, 0.4) is 0 Å². The summed E-state index contributed by atoms with van der Waals surface area (Å²) in [5, 5.41) is 3.28. The number of imidazole rings is 1. The van der Waals surface area contributed by atoms with Crippen molar-refractivity contribution in [2.45, 2.75) is 13.3 Å². The van der Waals surface area contributed by atoms with E-state index in [2.05, 4.69) is 44.8 Å². The van der Waals surface area contributed by atoms with Gasteiger partial charge in [0.15, 0.2) is 0 Å². The highest BCUT2D eigenvalue weighted by atomic mass is 127. The van der Waals surface area contributed by atoms with Gasteiger partial charge in [-0.05, 0) is 41.1 Å². The smallest absolute Gasteiger partial charge is 0.265 e. The van der Waals surface area contributed by atoms with Gasteiger partial charge in [-0.25, -0.2) is 4.98 Å². The van der Waals surface area contributed by atoms with Crippen LogP contribution in [0.1, 0.15) is 13.3 Å². The molecule has 0 amide bonds. The minimum absolute atomic E-state index is 0.505. The third-order valence-corrected chi connectivity index (χ3v) is 3.83. The van der Waals surface area contributed by atoms with E-state index >= 15 is 0 Å². The number of ether oxygens (including phenoxy) is 1. The summed E-state index contributed by atoms with van der Waals surface area (Å²) in [6.45, 7) is 2.99. The fourth-order valence-corrected chi connectivity index (χ4v) is 2.44. The third-order valence-electron chi connectivity index (χ3n) is 2.94. The normalized spacial score (nSPS) is 10.8. The largest absolute Gasteiger partial charge is 0.435 e. The SMILES string of the molecule is CCCNc1cn2ccnc2c(Oc2ccccc2I)n1. The van der Waals surface area contributed by atoms with Gasteiger partial charge in [-0.1, -0.05) is 19.1 Å². The Morgan fingerprint density at radius 1 is 1.33 bits per heavy atom. The Hall–Kier alpha value is -1.83. The van der Waals surface area contributed by atoms with Crippen molar-refractivity contribution in [1.82, 2.24) is 14.4 Å². The molecule has 21 heavy (non-hydrogen) atoms. The number of hydrogen-bond donors (Lipinski definition) is 1. The predicted molar refractivity (Wildman–Crippen MR) is 91.0 cm³/mol. The van der Waals surface area contributed by atoms with Gasteiger partial charge in [0.2, 0.25) is 5.65 Å². The van der Waals surface area contributed by atoms with E-state index in [1.165, 1.54) is 0 Å². The molecule has 0 unspecified atom stereocenters. The van der Waals surface area contributed by atoms with Crippen LogP contribution in [0.25, 0.3) is 5.65 Å². The second kappa shape index (κ2) is 6.30. The van der Waals surface area contributed by atoms with E-state index in [0.717, 1.165) is 28.1 Å². The Morgan fingerprint density at radius 2 is 2.19 bits per heavy atom. The zero-order chi connectivity index (χ0) is 14.7. The number of fused-ring (bicyclic) bond motifs is 1. The van der Waals surface area contributed by atoms with Gasteiger partial charge in [-0.15, -0.1) is 0 Å². The average Bonchev–Trinajstić information content (AvgIpc) is 2.96. The van der Waals surface area contributed by atoms with E-state index in [1.807, 2.05) is 41.1 Å². The van der Waals surface area contributed by atoms with Crippen LogP contribution in [0.15, 0.2) is 42.9 Å². The van der Waals surface area contributed by atoms with Crippen LogP contribution in [0.5, 0.6) is 11.6 Å². The molecule has 2 heterocycles. The van der Waals surface area contributed by atoms with E-state index in [9.17, 15) is 0 Å². The highest BCUT2D eigenvalue weighted by Gasteiger charge is 2.11. The van der Waals surface area contributed by atoms with Crippen LogP contribution in [0, 0.1) is 3.57 Å². The molecule has 0 radical (unpaired) electrons. The van der Waals surface area contributed by atoms with Gasteiger partial charge in [0.05, 0.1) is 9.77 Å². The number of halogens is 1. The number of anilines is 1. The number of hydrogen-bond acceptors (Lipinski definition) is 4. The molecule has 2 aromatic heterocycles. The quantitative estimate of drug-likeness (QED) is 0.666. The van der Waals surface area contributed by atoms with Crippen molar-refractivity contribution in [3.05, 3.63) is 46.4 Å². The summed E-state index contributed by atoms with van der Waals surface area (Å²) >= 11 is 2.25. The number of rotatable bonds is 5. The molecule has 0 atom stereocenters. The average molecular weight is 394 g/mol. The Kier molecular flexibility index (Phi) is 4.23. The van der Waals surface area contributed by atoms with Crippen LogP contribution in [0.2, 0.25) is 0 Å². The summed E-state index contributed by atoms with van der Waals surface area (Å²) in [5.41, 5.74) is 0.705. The molecule has 0 spiro atoms. The lowest BCUT2D eigenvalue weighted by molar-refractivity contribution is 0.462. The minimum atomic E-state index is 0.505. The van der Waals surface area contributed by atoms with Crippen molar-refractivity contribution in [2.75, 3.05) is 11.9 Å². The summed E-state index contributed by atoms with van der Waals surface area (Å²) in [5.74, 6) is 2.07. The molecule has 0 saturated heterocycles. The molecule has 1 N–H and O–H groups in total. The summed E-state index contributed by atoms with van der Waals surface area (Å²) in [6.07, 6.45) is 6.58. The number of aromatic nitrogens is 3. The predicted octanol–water partition coefficient (Wildman–Crippen LogP) is 3.95. The molecule has 0 bridgehead atoms. The first kappa shape index (κ1) is 14.1. The first-order valence-electron chi connectivity index (χ1n) is 6.78. The first-order valence-corrected chi connectivity index (χ1v) is 7.86. The van der Waals surface area contributed by atoms with Crippen LogP contribution in [-0.4, -0.2) is 20.9 Å². The third kappa shape index (κ3) is 3.10. The van der Waals surface area contributed by atoms with Gasteiger partial charge in [0, 0.05) is 18.9 Å². The first-order chi connectivity index (χ1) is 10.3. The summed E-state index contributed by atoms with van der Waals surface area (Å²) in [4.78, 5) is 8.84.